The van der Waals surface area contributed by atoms with Gasteiger partial charge in [-0.1, -0.05) is 41.9 Å². The molecule has 0 saturated heterocycles. The van der Waals surface area contributed by atoms with Crippen LogP contribution in [0, 0.1) is 17.8 Å². The molecule has 8 rings (SSSR count). The van der Waals surface area contributed by atoms with E-state index in [-0.39, 0.29) is 47.4 Å². The van der Waals surface area contributed by atoms with E-state index in [1.807, 2.05) is 42.5 Å². The third-order valence-electron chi connectivity index (χ3n) is 9.84. The van der Waals surface area contributed by atoms with Crippen LogP contribution in [0.3, 0.4) is 0 Å². The molecule has 4 aliphatic rings. The minimum absolute atomic E-state index is 0. The lowest BCUT2D eigenvalue weighted by Gasteiger charge is -2.58. The molecule has 0 radical (unpaired) electrons. The number of benzene rings is 3. The lowest BCUT2D eigenvalue weighted by Crippen LogP contribution is -2.64. The second-order valence-corrected chi connectivity index (χ2v) is 13.1. The highest BCUT2D eigenvalue weighted by Crippen LogP contribution is 2.54. The number of nitrogens with two attached hydrogens (primary N) is 1. The Morgan fingerprint density at radius 3 is 2.32 bits per heavy atom. The molecule has 9 heteroatoms. The number of esters is 1. The van der Waals surface area contributed by atoms with Crippen LogP contribution in [-0.2, 0) is 11.2 Å². The first-order valence-corrected chi connectivity index (χ1v) is 15.3. The molecule has 4 aromatic rings. The summed E-state index contributed by atoms with van der Waals surface area (Å²) in [6, 6.07) is 21.8. The first-order chi connectivity index (χ1) is 20.7. The highest BCUT2D eigenvalue weighted by atomic mass is 35.5. The summed E-state index contributed by atoms with van der Waals surface area (Å²) in [6.45, 7) is 0. The summed E-state index contributed by atoms with van der Waals surface area (Å²) in [5.74, 6) is 0.892. The molecule has 3 aromatic carbocycles. The van der Waals surface area contributed by atoms with Gasteiger partial charge in [0.2, 0.25) is 0 Å². The highest BCUT2D eigenvalue weighted by Gasteiger charge is 2.54. The normalized spacial score (nSPS) is 25.0. The molecule has 44 heavy (non-hydrogen) atoms. The van der Waals surface area contributed by atoms with Gasteiger partial charge >= 0.3 is 5.97 Å². The van der Waals surface area contributed by atoms with Crippen LogP contribution < -0.4 is 16.5 Å². The van der Waals surface area contributed by atoms with E-state index in [0.717, 1.165) is 37.7 Å². The molecule has 228 valence electrons. The van der Waals surface area contributed by atoms with E-state index >= 15 is 0 Å². The van der Waals surface area contributed by atoms with Gasteiger partial charge in [-0.3, -0.25) is 9.59 Å². The summed E-state index contributed by atoms with van der Waals surface area (Å²) in [7, 11) is 1.30. The van der Waals surface area contributed by atoms with Crippen molar-refractivity contribution in [3.05, 3.63) is 110 Å². The molecule has 0 aliphatic heterocycles. The molecular formula is C35H35Cl2N3O4. The lowest BCUT2D eigenvalue weighted by atomic mass is 9.51. The van der Waals surface area contributed by atoms with E-state index in [2.05, 4.69) is 5.32 Å². The molecule has 7 nitrogen and oxygen atoms in total. The number of halogens is 2. The van der Waals surface area contributed by atoms with Crippen molar-refractivity contribution >= 4 is 46.8 Å². The number of fused-ring (bicyclic) bond motifs is 1. The maximum absolute atomic E-state index is 13.9. The molecule has 1 amide bonds. The molecule has 4 aliphatic carbocycles. The molecule has 4 saturated carbocycles. The summed E-state index contributed by atoms with van der Waals surface area (Å²) < 4.78 is 6.93. The first kappa shape index (κ1) is 30.4. The minimum Gasteiger partial charge on any atom is -0.464 e. The number of methoxy groups -OCH3 is 1. The van der Waals surface area contributed by atoms with Crippen molar-refractivity contribution in [2.24, 2.45) is 23.5 Å². The average molecular weight is 633 g/mol. The molecule has 1 aromatic heterocycles. The maximum Gasteiger partial charge on any atom is 0.355 e. The van der Waals surface area contributed by atoms with Gasteiger partial charge in [-0.2, -0.15) is 0 Å². The average Bonchev–Trinajstić information content (AvgIpc) is 2.99. The smallest absolute Gasteiger partial charge is 0.355 e. The maximum atomic E-state index is 13.9. The monoisotopic (exact) mass is 631 g/mol. The van der Waals surface area contributed by atoms with Crippen LogP contribution in [0.1, 0.15) is 64.1 Å². The Morgan fingerprint density at radius 1 is 1.00 bits per heavy atom. The molecule has 3 unspecified atom stereocenters. The predicted molar refractivity (Wildman–Crippen MR) is 174 cm³/mol. The molecule has 0 spiro atoms. The number of nitrogens with zero attached hydrogens (tertiary/aromatic N) is 1. The first-order valence-electron chi connectivity index (χ1n) is 14.9. The van der Waals surface area contributed by atoms with Gasteiger partial charge < -0.3 is 20.4 Å². The minimum atomic E-state index is -0.622. The standard InChI is InChI=1S/C35H34ClN3O4.ClH/c1-43-34(42)31-28(32(40)27-12-11-25(36)16-29(27)39(31)26-5-3-2-4-6-26)15-20-7-9-22(10-8-20)33(41)38-30-23-13-21-14-24(30)19-35(37,17-21)18-23;/h2-12,16,21,23-24,30H,13-15,17-19,37H2,1H3,(H,38,41);1H/t21?,23-,24+,30?,35?;. The number of hydrogen-bond donors (Lipinski definition) is 2. The van der Waals surface area contributed by atoms with E-state index in [0.29, 0.717) is 50.5 Å². The Balaban J connectivity index is 0.00000343. The Morgan fingerprint density at radius 2 is 1.68 bits per heavy atom. The zero-order valence-corrected chi connectivity index (χ0v) is 26.0. The summed E-state index contributed by atoms with van der Waals surface area (Å²) in [4.78, 5) is 40.5. The van der Waals surface area contributed by atoms with Crippen LogP contribution in [0.2, 0.25) is 5.02 Å². The van der Waals surface area contributed by atoms with E-state index < -0.39 is 5.97 Å². The summed E-state index contributed by atoms with van der Waals surface area (Å²) in [5.41, 5.74) is 9.40. The van der Waals surface area contributed by atoms with Crippen LogP contribution >= 0.6 is 24.0 Å². The van der Waals surface area contributed by atoms with Crippen molar-refractivity contribution in [2.75, 3.05) is 7.11 Å². The quantitative estimate of drug-likeness (QED) is 0.251. The van der Waals surface area contributed by atoms with Crippen molar-refractivity contribution in [3.8, 4) is 5.69 Å². The number of aromatic nitrogens is 1. The molecule has 4 fully saturated rings. The van der Waals surface area contributed by atoms with E-state index in [4.69, 9.17) is 22.1 Å². The Bertz CT molecular complexity index is 1790. The van der Waals surface area contributed by atoms with Crippen molar-refractivity contribution in [2.45, 2.75) is 50.1 Å². The van der Waals surface area contributed by atoms with Gasteiger partial charge in [-0.15, -0.1) is 12.4 Å². The van der Waals surface area contributed by atoms with Crippen LogP contribution in [0.4, 0.5) is 0 Å². The van der Waals surface area contributed by atoms with Crippen molar-refractivity contribution in [3.63, 3.8) is 0 Å². The van der Waals surface area contributed by atoms with Gasteiger partial charge in [0.1, 0.15) is 5.69 Å². The van der Waals surface area contributed by atoms with Crippen LogP contribution in [0.5, 0.6) is 0 Å². The molecule has 4 bridgehead atoms. The fraction of sp³-hybridized carbons (Fsp3) is 0.343. The van der Waals surface area contributed by atoms with Gasteiger partial charge in [0.05, 0.1) is 12.6 Å². The number of carbonyl (C=O) groups excluding carboxylic acids is 2. The van der Waals surface area contributed by atoms with Crippen molar-refractivity contribution < 1.29 is 14.3 Å². The van der Waals surface area contributed by atoms with Crippen molar-refractivity contribution in [1.29, 1.82) is 0 Å². The van der Waals surface area contributed by atoms with Gasteiger partial charge in [0.25, 0.3) is 5.91 Å². The number of ether oxygens (including phenoxy) is 1. The van der Waals surface area contributed by atoms with E-state index in [1.165, 1.54) is 7.11 Å². The summed E-state index contributed by atoms with van der Waals surface area (Å²) >= 11 is 6.34. The van der Waals surface area contributed by atoms with Gasteiger partial charge in [-0.25, -0.2) is 4.79 Å². The molecular weight excluding hydrogens is 597 g/mol. The van der Waals surface area contributed by atoms with Crippen LogP contribution in [-0.4, -0.2) is 35.1 Å². The van der Waals surface area contributed by atoms with E-state index in [1.54, 1.807) is 34.9 Å². The third-order valence-corrected chi connectivity index (χ3v) is 10.1. The predicted octanol–water partition coefficient (Wildman–Crippen LogP) is 6.08. The van der Waals surface area contributed by atoms with Crippen molar-refractivity contribution in [1.82, 2.24) is 9.88 Å². The SMILES string of the molecule is COC(=O)c1c(Cc2ccc(C(=O)NC3[C@@H]4CC5C[C@H]3CC(N)(C5)C4)cc2)c(=O)c2ccc(Cl)cc2n1-c1ccccc1.Cl. The summed E-state index contributed by atoms with van der Waals surface area (Å²) in [5, 5.41) is 4.23. The Hall–Kier alpha value is -3.65. The lowest BCUT2D eigenvalue weighted by molar-refractivity contribution is -0.0278. The molecule has 1 heterocycles. The van der Waals surface area contributed by atoms with E-state index in [9.17, 15) is 14.4 Å². The van der Waals surface area contributed by atoms with Gasteiger partial charge in [0, 0.05) is 45.2 Å². The topological polar surface area (TPSA) is 103 Å². The zero-order chi connectivity index (χ0) is 29.9. The molecule has 5 atom stereocenters. The Kier molecular flexibility index (Phi) is 8.07. The number of nitrogens with one attached hydrogen (secondary N) is 1. The number of carbonyl (C=O) groups is 2. The highest BCUT2D eigenvalue weighted by molar-refractivity contribution is 6.31. The second-order valence-electron chi connectivity index (χ2n) is 12.7. The Labute approximate surface area is 267 Å². The largest absolute Gasteiger partial charge is 0.464 e. The van der Waals surface area contributed by atoms with Crippen LogP contribution in [0.15, 0.2) is 77.6 Å². The number of pyridine rings is 1. The number of rotatable bonds is 6. The summed E-state index contributed by atoms with van der Waals surface area (Å²) in [6.07, 6.45) is 5.60. The molecule has 3 N–H and O–H groups in total. The fourth-order valence-corrected chi connectivity index (χ4v) is 8.43. The van der Waals surface area contributed by atoms with Gasteiger partial charge in [0.15, 0.2) is 5.43 Å². The zero-order valence-electron chi connectivity index (χ0n) is 24.4. The third kappa shape index (κ3) is 5.31. The van der Waals surface area contributed by atoms with Gasteiger partial charge in [-0.05, 0) is 97.9 Å². The second kappa shape index (κ2) is 11.7. The van der Waals surface area contributed by atoms with Crippen LogP contribution in [0.25, 0.3) is 16.6 Å². The fourth-order valence-electron chi connectivity index (χ4n) is 8.26. The number of para-hydroxylation sites is 1. The number of hydrogen-bond acceptors (Lipinski definition) is 5. The number of amides is 1.